The molecule has 0 unspecified atom stereocenters. The summed E-state index contributed by atoms with van der Waals surface area (Å²) in [5.74, 6) is -0.872. The number of benzene rings is 2. The number of anilines is 1. The molecule has 0 heterocycles. The molecule has 34 heavy (non-hydrogen) atoms. The third-order valence-electron chi connectivity index (χ3n) is 5.30. The van der Waals surface area contributed by atoms with Gasteiger partial charge in [-0.15, -0.1) is 0 Å². The number of amides is 2. The molecule has 0 saturated carbocycles. The van der Waals surface area contributed by atoms with Crippen LogP contribution in [0.4, 0.5) is 5.69 Å². The van der Waals surface area contributed by atoms with Crippen molar-refractivity contribution in [3.05, 3.63) is 62.5 Å². The number of carbonyl (C=O) groups is 2. The van der Waals surface area contributed by atoms with Gasteiger partial charge in [0.15, 0.2) is 0 Å². The second-order valence-electron chi connectivity index (χ2n) is 8.01. The van der Waals surface area contributed by atoms with E-state index in [1.165, 1.54) is 4.90 Å². The molecular formula is C23H28BrCl2N3O4S. The molecule has 1 N–H and O–H groups in total. The summed E-state index contributed by atoms with van der Waals surface area (Å²) in [5, 5.41) is 3.56. The van der Waals surface area contributed by atoms with Crippen LogP contribution in [0, 0.1) is 0 Å². The lowest BCUT2D eigenvalue weighted by molar-refractivity contribution is -0.139. The van der Waals surface area contributed by atoms with E-state index < -0.39 is 28.5 Å². The van der Waals surface area contributed by atoms with Crippen molar-refractivity contribution in [3.63, 3.8) is 0 Å². The van der Waals surface area contributed by atoms with E-state index in [1.807, 2.05) is 13.8 Å². The van der Waals surface area contributed by atoms with Crippen molar-refractivity contribution in [2.24, 2.45) is 0 Å². The van der Waals surface area contributed by atoms with E-state index in [9.17, 15) is 18.0 Å². The summed E-state index contributed by atoms with van der Waals surface area (Å²) >= 11 is 15.5. The fourth-order valence-corrected chi connectivity index (χ4v) is 4.54. The zero-order valence-electron chi connectivity index (χ0n) is 19.4. The number of hydrogen-bond donors (Lipinski definition) is 1. The quantitative estimate of drug-likeness (QED) is 0.427. The van der Waals surface area contributed by atoms with Gasteiger partial charge in [0, 0.05) is 17.1 Å². The summed E-state index contributed by atoms with van der Waals surface area (Å²) in [6.07, 6.45) is 1.76. The van der Waals surface area contributed by atoms with E-state index in [0.717, 1.165) is 21.5 Å². The Labute approximate surface area is 219 Å². The minimum Gasteiger partial charge on any atom is -0.352 e. The first-order chi connectivity index (χ1) is 15.8. The van der Waals surface area contributed by atoms with Crippen molar-refractivity contribution in [3.8, 4) is 0 Å². The largest absolute Gasteiger partial charge is 0.352 e. The molecule has 11 heteroatoms. The number of hydrogen-bond acceptors (Lipinski definition) is 4. The van der Waals surface area contributed by atoms with Gasteiger partial charge >= 0.3 is 0 Å². The van der Waals surface area contributed by atoms with Gasteiger partial charge in [-0.1, -0.05) is 52.1 Å². The van der Waals surface area contributed by atoms with Gasteiger partial charge in [0.1, 0.15) is 12.6 Å². The number of sulfonamides is 1. The topological polar surface area (TPSA) is 86.8 Å². The Morgan fingerprint density at radius 3 is 2.21 bits per heavy atom. The summed E-state index contributed by atoms with van der Waals surface area (Å²) in [4.78, 5) is 27.7. The fraction of sp³-hybridized carbons (Fsp3) is 0.391. The van der Waals surface area contributed by atoms with E-state index in [0.29, 0.717) is 21.3 Å². The summed E-state index contributed by atoms with van der Waals surface area (Å²) in [7, 11) is -3.78. The molecule has 2 aromatic rings. The summed E-state index contributed by atoms with van der Waals surface area (Å²) in [5.41, 5.74) is 0.991. The molecule has 0 spiro atoms. The summed E-state index contributed by atoms with van der Waals surface area (Å²) in [6.45, 7) is 4.99. The van der Waals surface area contributed by atoms with E-state index >= 15 is 0 Å². The van der Waals surface area contributed by atoms with Crippen LogP contribution in [0.25, 0.3) is 0 Å². The summed E-state index contributed by atoms with van der Waals surface area (Å²) in [6, 6.07) is 10.6. The molecule has 0 bridgehead atoms. The number of nitrogens with one attached hydrogen (secondary N) is 1. The van der Waals surface area contributed by atoms with Crippen LogP contribution in [-0.2, 0) is 26.2 Å². The Hall–Kier alpha value is -1.81. The summed E-state index contributed by atoms with van der Waals surface area (Å²) < 4.78 is 26.9. The van der Waals surface area contributed by atoms with Crippen LogP contribution in [0.15, 0.2) is 46.9 Å². The average molecular weight is 593 g/mol. The molecule has 0 radical (unpaired) electrons. The van der Waals surface area contributed by atoms with Crippen LogP contribution in [0.3, 0.4) is 0 Å². The van der Waals surface area contributed by atoms with Gasteiger partial charge < -0.3 is 10.2 Å². The third kappa shape index (κ3) is 7.86. The van der Waals surface area contributed by atoms with Gasteiger partial charge in [0.25, 0.3) is 0 Å². The monoisotopic (exact) mass is 591 g/mol. The van der Waals surface area contributed by atoms with Crippen molar-refractivity contribution in [1.82, 2.24) is 10.2 Å². The Balaban J connectivity index is 2.40. The van der Waals surface area contributed by atoms with Gasteiger partial charge in [0.2, 0.25) is 21.8 Å². The van der Waals surface area contributed by atoms with Crippen molar-refractivity contribution < 1.29 is 18.0 Å². The number of rotatable bonds is 10. The maximum absolute atomic E-state index is 13.5. The number of carbonyl (C=O) groups excluding carboxylic acids is 2. The molecule has 186 valence electrons. The zero-order valence-corrected chi connectivity index (χ0v) is 23.3. The Bertz CT molecular complexity index is 1130. The predicted octanol–water partition coefficient (Wildman–Crippen LogP) is 4.85. The molecule has 2 aromatic carbocycles. The standard InChI is InChI=1S/C23H28BrCl2N3O4S/c1-5-15(2)27-23(31)16(3)28(13-17-6-11-20(25)21(26)12-17)22(30)14-29(34(4,32)33)19-9-7-18(24)8-10-19/h6-12,15-16H,5,13-14H2,1-4H3,(H,27,31)/t15-,16-/m0/s1. The molecule has 0 aliphatic rings. The molecule has 7 nitrogen and oxygen atoms in total. The normalized spacial score (nSPS) is 13.1. The van der Waals surface area contributed by atoms with Crippen molar-refractivity contribution >= 4 is 66.7 Å². The van der Waals surface area contributed by atoms with Crippen molar-refractivity contribution in [2.45, 2.75) is 45.8 Å². The second kappa shape index (κ2) is 12.2. The van der Waals surface area contributed by atoms with Gasteiger partial charge in [-0.2, -0.15) is 0 Å². The van der Waals surface area contributed by atoms with Crippen molar-refractivity contribution in [2.75, 3.05) is 17.1 Å². The van der Waals surface area contributed by atoms with Crippen molar-refractivity contribution in [1.29, 1.82) is 0 Å². The van der Waals surface area contributed by atoms with Gasteiger partial charge in [0.05, 0.1) is 22.0 Å². The smallest absolute Gasteiger partial charge is 0.244 e. The third-order valence-corrected chi connectivity index (χ3v) is 7.71. The number of nitrogens with zero attached hydrogens (tertiary/aromatic N) is 2. The molecule has 2 rings (SSSR count). The molecule has 0 fully saturated rings. The highest BCUT2D eigenvalue weighted by Gasteiger charge is 2.30. The highest BCUT2D eigenvalue weighted by molar-refractivity contribution is 9.10. The molecule has 0 aliphatic heterocycles. The molecule has 2 amide bonds. The first-order valence-electron chi connectivity index (χ1n) is 10.6. The highest BCUT2D eigenvalue weighted by Crippen LogP contribution is 2.25. The fourth-order valence-electron chi connectivity index (χ4n) is 3.10. The minimum absolute atomic E-state index is 0.0444. The second-order valence-corrected chi connectivity index (χ2v) is 11.6. The van der Waals surface area contributed by atoms with Crippen LogP contribution < -0.4 is 9.62 Å². The lowest BCUT2D eigenvalue weighted by Crippen LogP contribution is -2.52. The van der Waals surface area contributed by atoms with Crippen LogP contribution in [0.1, 0.15) is 32.8 Å². The van der Waals surface area contributed by atoms with Crippen LogP contribution in [-0.4, -0.2) is 50.0 Å². The molecule has 0 saturated heterocycles. The zero-order chi connectivity index (χ0) is 25.6. The lowest BCUT2D eigenvalue weighted by Gasteiger charge is -2.32. The maximum atomic E-state index is 13.5. The predicted molar refractivity (Wildman–Crippen MR) is 141 cm³/mol. The maximum Gasteiger partial charge on any atom is 0.244 e. The Morgan fingerprint density at radius 2 is 1.68 bits per heavy atom. The Morgan fingerprint density at radius 1 is 1.06 bits per heavy atom. The van der Waals surface area contributed by atoms with Crippen LogP contribution in [0.5, 0.6) is 0 Å². The Kier molecular flexibility index (Phi) is 10.2. The molecule has 2 atom stereocenters. The van der Waals surface area contributed by atoms with E-state index in [-0.39, 0.29) is 18.5 Å². The van der Waals surface area contributed by atoms with E-state index in [2.05, 4.69) is 21.2 Å². The number of halogens is 3. The lowest BCUT2D eigenvalue weighted by atomic mass is 10.1. The van der Waals surface area contributed by atoms with E-state index in [4.69, 9.17) is 23.2 Å². The SMILES string of the molecule is CC[C@H](C)NC(=O)[C@H](C)N(Cc1ccc(Cl)c(Cl)c1)C(=O)CN(c1ccc(Br)cc1)S(C)(=O)=O. The molecule has 0 aliphatic carbocycles. The first kappa shape index (κ1) is 28.4. The van der Waals surface area contributed by atoms with Crippen LogP contribution >= 0.6 is 39.1 Å². The highest BCUT2D eigenvalue weighted by atomic mass is 79.9. The minimum atomic E-state index is -3.78. The first-order valence-corrected chi connectivity index (χ1v) is 14.0. The molecule has 0 aromatic heterocycles. The van der Waals surface area contributed by atoms with Crippen LogP contribution in [0.2, 0.25) is 10.0 Å². The molecular weight excluding hydrogens is 565 g/mol. The van der Waals surface area contributed by atoms with Gasteiger partial charge in [-0.05, 0) is 62.2 Å². The van der Waals surface area contributed by atoms with Gasteiger partial charge in [-0.25, -0.2) is 8.42 Å². The van der Waals surface area contributed by atoms with E-state index in [1.54, 1.807) is 49.4 Å². The van der Waals surface area contributed by atoms with Gasteiger partial charge in [-0.3, -0.25) is 13.9 Å². The average Bonchev–Trinajstić information content (AvgIpc) is 2.77.